The van der Waals surface area contributed by atoms with Gasteiger partial charge in [-0.15, -0.1) is 0 Å². The number of ether oxygens (including phenoxy) is 4. The number of fused-ring (bicyclic) bond motifs is 1. The van der Waals surface area contributed by atoms with Gasteiger partial charge >= 0.3 is 7.82 Å². The normalized spacial score (nSPS) is 18.6. The summed E-state index contributed by atoms with van der Waals surface area (Å²) in [5, 5.41) is 13.7. The van der Waals surface area contributed by atoms with Crippen LogP contribution in [0.3, 0.4) is 0 Å². The molecule has 2 aromatic heterocycles. The van der Waals surface area contributed by atoms with Gasteiger partial charge in [0, 0.05) is 6.61 Å². The Kier molecular flexibility index (Phi) is 20.1. The van der Waals surface area contributed by atoms with E-state index in [1.54, 1.807) is 22.7 Å². The lowest BCUT2D eigenvalue weighted by atomic mass is 10.0. The molecule has 0 radical (unpaired) electrons. The number of nitrogens with two attached hydrogens (primary N) is 1. The Labute approximate surface area is 334 Å². The lowest BCUT2D eigenvalue weighted by Gasteiger charge is -2.26. The summed E-state index contributed by atoms with van der Waals surface area (Å²) in [5.41, 5.74) is 7.87. The van der Waals surface area contributed by atoms with E-state index >= 15 is 0 Å². The first-order chi connectivity index (χ1) is 27.2. The van der Waals surface area contributed by atoms with Crippen LogP contribution in [-0.4, -0.2) is 64.7 Å². The van der Waals surface area contributed by atoms with Crippen LogP contribution in [0.4, 0.5) is 5.82 Å². The minimum Gasteiger partial charge on any atom is -0.495 e. The largest absolute Gasteiger partial charge is 0.495 e. The maximum Gasteiger partial charge on any atom is 0.472 e. The third-order valence-electron chi connectivity index (χ3n) is 10.5. The first-order valence-electron chi connectivity index (χ1n) is 20.8. The quantitative estimate of drug-likeness (QED) is 0.0484. The van der Waals surface area contributed by atoms with E-state index in [0.717, 1.165) is 24.1 Å². The molecule has 0 aliphatic carbocycles. The number of nitriles is 1. The van der Waals surface area contributed by atoms with Gasteiger partial charge in [-0.1, -0.05) is 109 Å². The summed E-state index contributed by atoms with van der Waals surface area (Å²) >= 11 is 0. The predicted molar refractivity (Wildman–Crippen MR) is 217 cm³/mol. The molecule has 0 spiro atoms. The summed E-state index contributed by atoms with van der Waals surface area (Å²) < 4.78 is 49.4. The summed E-state index contributed by atoms with van der Waals surface area (Å²) in [6, 6.07) is 11.0. The summed E-state index contributed by atoms with van der Waals surface area (Å²) in [4.78, 5) is 14.7. The van der Waals surface area contributed by atoms with Crippen molar-refractivity contribution in [2.24, 2.45) is 0 Å². The number of anilines is 1. The molecule has 13 nitrogen and oxygen atoms in total. The zero-order valence-corrected chi connectivity index (χ0v) is 34.9. The summed E-state index contributed by atoms with van der Waals surface area (Å²) in [6.45, 7) is 4.63. The van der Waals surface area contributed by atoms with E-state index in [-0.39, 0.29) is 32.5 Å². The second kappa shape index (κ2) is 24.6. The highest BCUT2D eigenvalue weighted by Gasteiger charge is 2.40. The highest BCUT2D eigenvalue weighted by Crippen LogP contribution is 2.47. The number of nitrogen functional groups attached to an aromatic ring is 1. The van der Waals surface area contributed by atoms with Gasteiger partial charge in [-0.05, 0) is 56.0 Å². The van der Waals surface area contributed by atoms with Crippen molar-refractivity contribution in [2.75, 3.05) is 39.3 Å². The van der Waals surface area contributed by atoms with Crippen LogP contribution in [0.15, 0.2) is 36.7 Å². The molecule has 1 aliphatic heterocycles. The lowest BCUT2D eigenvalue weighted by molar-refractivity contribution is -0.0710. The number of phosphoric acid groups is 1. The molecular weight excluding hydrogens is 733 g/mol. The van der Waals surface area contributed by atoms with E-state index in [9.17, 15) is 14.7 Å². The number of hydrogen-bond acceptors (Lipinski definition) is 11. The number of nitrogens with zero attached hydrogens (tertiary/aromatic N) is 4. The second-order valence-electron chi connectivity index (χ2n) is 15.3. The van der Waals surface area contributed by atoms with E-state index in [0.29, 0.717) is 42.1 Å². The monoisotopic (exact) mass is 799 g/mol. The number of unbranched alkanes of at least 4 members (excludes halogenated alkanes) is 15. The smallest absolute Gasteiger partial charge is 0.472 e. The molecule has 4 rings (SSSR count). The molecule has 1 fully saturated rings. The van der Waals surface area contributed by atoms with Crippen molar-refractivity contribution in [3.8, 4) is 11.8 Å². The first kappa shape index (κ1) is 45.6. The average Bonchev–Trinajstić information content (AvgIpc) is 3.82. The Balaban J connectivity index is 1.16. The first-order valence-corrected chi connectivity index (χ1v) is 22.3. The molecule has 312 valence electrons. The fraction of sp³-hybridized carbons (Fsp3) is 0.690. The maximum atomic E-state index is 13.1. The molecule has 14 heteroatoms. The predicted octanol–water partition coefficient (Wildman–Crippen LogP) is 9.80. The van der Waals surface area contributed by atoms with Crippen molar-refractivity contribution in [1.29, 1.82) is 5.26 Å². The van der Waals surface area contributed by atoms with Crippen LogP contribution < -0.4 is 10.5 Å². The summed E-state index contributed by atoms with van der Waals surface area (Å²) in [6.07, 6.45) is 22.5. The number of methoxy groups -OCH3 is 1. The SMILES string of the molecule is CCCCCCCCCCCCCCCCCCOC[C@H](COP(=O)(O)OC[C@]1(C)CC[C@H](c2ccc3c(N)ncnn23)O1)OCc1ccc(C#N)c(OC)c1. The van der Waals surface area contributed by atoms with E-state index in [1.807, 2.05) is 19.1 Å². The lowest BCUT2D eigenvalue weighted by Crippen LogP contribution is -2.30. The average molecular weight is 800 g/mol. The molecule has 1 saturated heterocycles. The minimum atomic E-state index is -4.48. The third-order valence-corrected chi connectivity index (χ3v) is 11.4. The van der Waals surface area contributed by atoms with Crippen LogP contribution in [0.5, 0.6) is 5.75 Å². The van der Waals surface area contributed by atoms with Crippen LogP contribution in [0.1, 0.15) is 152 Å². The van der Waals surface area contributed by atoms with Crippen molar-refractivity contribution < 1.29 is 37.5 Å². The van der Waals surface area contributed by atoms with Crippen LogP contribution >= 0.6 is 7.82 Å². The Bertz CT molecular complexity index is 1670. The molecule has 4 atom stereocenters. The van der Waals surface area contributed by atoms with Crippen LogP contribution in [0, 0.1) is 11.3 Å². The van der Waals surface area contributed by atoms with Gasteiger partial charge in [0.2, 0.25) is 0 Å². The standard InChI is InChI=1S/C42H66N5O8P/c1-4-5-6-7-8-9-10-11-12-13-14-15-16-17-18-19-26-51-30-36(52-29-34-20-21-35(28-43)40(27-34)50-3)31-53-56(48,49)54-32-42(2)25-24-39(55-42)37-22-23-38-41(44)45-33-46-47(37)38/h20-23,27,33,36,39H,4-19,24-26,29-32H2,1-3H3,(H,48,49)(H2,44,45,46)/t36-,39-,42+/m1/s1. The molecule has 1 aromatic carbocycles. The number of phosphoric ester groups is 1. The highest BCUT2D eigenvalue weighted by molar-refractivity contribution is 7.47. The molecule has 3 N–H and O–H groups in total. The molecule has 56 heavy (non-hydrogen) atoms. The van der Waals surface area contributed by atoms with E-state index in [4.69, 9.17) is 33.7 Å². The van der Waals surface area contributed by atoms with Crippen molar-refractivity contribution in [3.63, 3.8) is 0 Å². The molecule has 0 amide bonds. The van der Waals surface area contributed by atoms with E-state index < -0.39 is 19.5 Å². The zero-order chi connectivity index (χ0) is 40.1. The molecule has 0 bridgehead atoms. The van der Waals surface area contributed by atoms with Gasteiger partial charge in [0.25, 0.3) is 0 Å². The van der Waals surface area contributed by atoms with Crippen molar-refractivity contribution in [2.45, 2.75) is 154 Å². The van der Waals surface area contributed by atoms with Gasteiger partial charge < -0.3 is 29.6 Å². The molecule has 1 aliphatic rings. The van der Waals surface area contributed by atoms with Crippen molar-refractivity contribution in [1.82, 2.24) is 14.6 Å². The Morgan fingerprint density at radius 2 is 1.64 bits per heavy atom. The number of benzene rings is 1. The number of aromatic nitrogens is 3. The van der Waals surface area contributed by atoms with Gasteiger partial charge in [-0.25, -0.2) is 14.1 Å². The number of rotatable bonds is 30. The fourth-order valence-electron chi connectivity index (χ4n) is 7.10. The topological polar surface area (TPSA) is 173 Å². The van der Waals surface area contributed by atoms with Crippen molar-refractivity contribution >= 4 is 19.2 Å². The van der Waals surface area contributed by atoms with Gasteiger partial charge in [-0.2, -0.15) is 10.4 Å². The van der Waals surface area contributed by atoms with Gasteiger partial charge in [0.05, 0.1) is 50.4 Å². The Morgan fingerprint density at radius 1 is 0.982 bits per heavy atom. The van der Waals surface area contributed by atoms with Gasteiger partial charge in [0.15, 0.2) is 5.82 Å². The van der Waals surface area contributed by atoms with E-state index in [2.05, 4.69) is 23.1 Å². The second-order valence-corrected chi connectivity index (χ2v) is 16.7. The van der Waals surface area contributed by atoms with Gasteiger partial charge in [-0.3, -0.25) is 9.05 Å². The highest BCUT2D eigenvalue weighted by atomic mass is 31.2. The van der Waals surface area contributed by atoms with Gasteiger partial charge in [0.1, 0.15) is 35.9 Å². The summed E-state index contributed by atoms with van der Waals surface area (Å²) in [7, 11) is -2.97. The van der Waals surface area contributed by atoms with E-state index in [1.165, 1.54) is 103 Å². The van der Waals surface area contributed by atoms with Crippen LogP contribution in [0.25, 0.3) is 5.52 Å². The molecular formula is C42H66N5O8P. The fourth-order valence-corrected chi connectivity index (χ4v) is 7.97. The van der Waals surface area contributed by atoms with Crippen LogP contribution in [0.2, 0.25) is 0 Å². The Morgan fingerprint density at radius 3 is 2.29 bits per heavy atom. The molecule has 1 unspecified atom stereocenters. The van der Waals surface area contributed by atoms with Crippen LogP contribution in [-0.2, 0) is 34.4 Å². The van der Waals surface area contributed by atoms with Crippen molar-refractivity contribution in [3.05, 3.63) is 53.5 Å². The maximum absolute atomic E-state index is 13.1. The number of hydrogen-bond donors (Lipinski definition) is 2. The Hall–Kier alpha value is -3.08. The molecule has 0 saturated carbocycles. The molecule has 3 aromatic rings. The minimum absolute atomic E-state index is 0.149. The zero-order valence-electron chi connectivity index (χ0n) is 34.0. The third kappa shape index (κ3) is 15.7. The summed E-state index contributed by atoms with van der Waals surface area (Å²) in [5.74, 6) is 0.820. The molecule has 3 heterocycles.